The highest BCUT2D eigenvalue weighted by Crippen LogP contribution is 2.43. The van der Waals surface area contributed by atoms with Crippen LogP contribution in [0.4, 0.5) is 8.78 Å². The number of rotatable bonds is 6. The summed E-state index contributed by atoms with van der Waals surface area (Å²) in [6, 6.07) is 7.28. The molecule has 1 fully saturated rings. The molecule has 10 heteroatoms. The summed E-state index contributed by atoms with van der Waals surface area (Å²) >= 11 is 1.44. The molecule has 1 aromatic carbocycles. The van der Waals surface area contributed by atoms with Crippen LogP contribution in [0.3, 0.4) is 0 Å². The SMILES string of the molecule is CC(Sc1nnc(-c2ccncc2)n1C1CC1)c1noc(-c2cc(F)ccc2F)n1. The quantitative estimate of drug-likeness (QED) is 0.407. The van der Waals surface area contributed by atoms with Crippen molar-refractivity contribution in [1.82, 2.24) is 29.9 Å². The summed E-state index contributed by atoms with van der Waals surface area (Å²) in [6.07, 6.45) is 5.60. The average Bonchev–Trinajstić information content (AvgIpc) is 3.31. The Morgan fingerprint density at radius 3 is 2.70 bits per heavy atom. The third-order valence-corrected chi connectivity index (χ3v) is 5.81. The summed E-state index contributed by atoms with van der Waals surface area (Å²) < 4.78 is 34.8. The molecule has 1 unspecified atom stereocenters. The normalized spacial score (nSPS) is 14.8. The second-order valence-corrected chi connectivity index (χ2v) is 8.29. The summed E-state index contributed by atoms with van der Waals surface area (Å²) in [5, 5.41) is 13.2. The molecular weight excluding hydrogens is 410 g/mol. The number of hydrogen-bond acceptors (Lipinski definition) is 7. The molecule has 0 spiro atoms. The molecule has 1 aliphatic rings. The van der Waals surface area contributed by atoms with Gasteiger partial charge in [-0.25, -0.2) is 8.78 Å². The Labute approximate surface area is 174 Å². The van der Waals surface area contributed by atoms with E-state index in [2.05, 4.69) is 29.9 Å². The van der Waals surface area contributed by atoms with E-state index in [4.69, 9.17) is 4.52 Å². The molecule has 3 heterocycles. The lowest BCUT2D eigenvalue weighted by Crippen LogP contribution is -2.01. The molecule has 1 atom stereocenters. The Bertz CT molecular complexity index is 1190. The van der Waals surface area contributed by atoms with Crippen molar-refractivity contribution in [2.24, 2.45) is 0 Å². The highest BCUT2D eigenvalue weighted by molar-refractivity contribution is 7.99. The number of thioether (sulfide) groups is 1. The minimum atomic E-state index is -0.623. The van der Waals surface area contributed by atoms with Crippen molar-refractivity contribution >= 4 is 11.8 Å². The first-order valence-corrected chi connectivity index (χ1v) is 10.3. The number of pyridine rings is 1. The Hall–Kier alpha value is -3.14. The molecule has 5 rings (SSSR count). The van der Waals surface area contributed by atoms with Gasteiger partial charge in [-0.05, 0) is 50.1 Å². The fourth-order valence-electron chi connectivity index (χ4n) is 3.10. The molecule has 152 valence electrons. The maximum absolute atomic E-state index is 14.0. The van der Waals surface area contributed by atoms with Gasteiger partial charge in [-0.1, -0.05) is 16.9 Å². The molecule has 30 heavy (non-hydrogen) atoms. The molecule has 4 aromatic rings. The summed E-state index contributed by atoms with van der Waals surface area (Å²) in [7, 11) is 0. The number of nitrogens with zero attached hydrogens (tertiary/aromatic N) is 6. The minimum absolute atomic E-state index is 0.0596. The van der Waals surface area contributed by atoms with Gasteiger partial charge in [-0.15, -0.1) is 10.2 Å². The first-order chi connectivity index (χ1) is 14.6. The summed E-state index contributed by atoms with van der Waals surface area (Å²) in [6.45, 7) is 1.90. The van der Waals surface area contributed by atoms with Gasteiger partial charge in [0.25, 0.3) is 5.89 Å². The van der Waals surface area contributed by atoms with Crippen LogP contribution in [0.25, 0.3) is 22.8 Å². The highest BCUT2D eigenvalue weighted by atomic mass is 32.2. The molecule has 0 bridgehead atoms. The van der Waals surface area contributed by atoms with Crippen LogP contribution < -0.4 is 0 Å². The van der Waals surface area contributed by atoms with E-state index in [0.717, 1.165) is 47.6 Å². The molecule has 7 nitrogen and oxygen atoms in total. The van der Waals surface area contributed by atoms with Crippen molar-refractivity contribution in [3.05, 3.63) is 60.2 Å². The van der Waals surface area contributed by atoms with E-state index in [1.807, 2.05) is 19.1 Å². The van der Waals surface area contributed by atoms with Crippen LogP contribution in [0, 0.1) is 11.6 Å². The number of halogens is 2. The van der Waals surface area contributed by atoms with E-state index in [-0.39, 0.29) is 16.7 Å². The van der Waals surface area contributed by atoms with Gasteiger partial charge in [-0.3, -0.25) is 9.55 Å². The Morgan fingerprint density at radius 2 is 1.93 bits per heavy atom. The van der Waals surface area contributed by atoms with Crippen LogP contribution in [0.1, 0.15) is 36.9 Å². The third kappa shape index (κ3) is 3.58. The Balaban J connectivity index is 1.41. The van der Waals surface area contributed by atoms with Crippen LogP contribution in [-0.2, 0) is 0 Å². The fraction of sp³-hybridized carbons (Fsp3) is 0.250. The van der Waals surface area contributed by atoms with E-state index >= 15 is 0 Å². The number of benzene rings is 1. The number of hydrogen-bond donors (Lipinski definition) is 0. The second kappa shape index (κ2) is 7.60. The van der Waals surface area contributed by atoms with Gasteiger partial charge in [0.05, 0.1) is 10.8 Å². The second-order valence-electron chi connectivity index (χ2n) is 6.99. The highest BCUT2D eigenvalue weighted by Gasteiger charge is 2.31. The molecule has 0 saturated heterocycles. The molecule has 3 aromatic heterocycles. The van der Waals surface area contributed by atoms with Gasteiger partial charge in [0.15, 0.2) is 16.8 Å². The van der Waals surface area contributed by atoms with Gasteiger partial charge in [0.2, 0.25) is 0 Å². The topological polar surface area (TPSA) is 82.5 Å². The maximum atomic E-state index is 14.0. The van der Waals surface area contributed by atoms with Crippen LogP contribution in [0.5, 0.6) is 0 Å². The van der Waals surface area contributed by atoms with Crippen molar-refractivity contribution in [3.8, 4) is 22.8 Å². The van der Waals surface area contributed by atoms with Gasteiger partial charge in [0.1, 0.15) is 11.6 Å². The van der Waals surface area contributed by atoms with Crippen LogP contribution in [-0.4, -0.2) is 29.9 Å². The van der Waals surface area contributed by atoms with Crippen molar-refractivity contribution in [1.29, 1.82) is 0 Å². The first-order valence-electron chi connectivity index (χ1n) is 9.41. The molecule has 0 radical (unpaired) electrons. The molecule has 0 amide bonds. The van der Waals surface area contributed by atoms with Gasteiger partial charge < -0.3 is 4.52 Å². The Morgan fingerprint density at radius 1 is 1.13 bits per heavy atom. The Kier molecular flexibility index (Phi) is 4.78. The third-order valence-electron chi connectivity index (χ3n) is 4.76. The number of aromatic nitrogens is 6. The van der Waals surface area contributed by atoms with Crippen LogP contribution in [0.15, 0.2) is 52.4 Å². The molecule has 1 aliphatic carbocycles. The van der Waals surface area contributed by atoms with E-state index < -0.39 is 11.6 Å². The lowest BCUT2D eigenvalue weighted by atomic mass is 10.2. The van der Waals surface area contributed by atoms with Crippen molar-refractivity contribution < 1.29 is 13.3 Å². The predicted octanol–water partition coefficient (Wildman–Crippen LogP) is 4.86. The standard InChI is InChI=1S/C20H16F2N6OS/c1-11(17-24-19(29-27-17)15-10-13(21)2-5-16(15)22)30-20-26-25-18(28(20)14-3-4-14)12-6-8-23-9-7-12/h2,5-11,14H,3-4H2,1H3. The monoisotopic (exact) mass is 426 g/mol. The first kappa shape index (κ1) is 18.9. The van der Waals surface area contributed by atoms with E-state index in [1.54, 1.807) is 12.4 Å². The van der Waals surface area contributed by atoms with E-state index in [9.17, 15) is 8.78 Å². The zero-order valence-corrected chi connectivity index (χ0v) is 16.7. The lowest BCUT2D eigenvalue weighted by Gasteiger charge is -2.10. The lowest BCUT2D eigenvalue weighted by molar-refractivity contribution is 0.420. The van der Waals surface area contributed by atoms with Gasteiger partial charge >= 0.3 is 0 Å². The predicted molar refractivity (Wildman–Crippen MR) is 105 cm³/mol. The van der Waals surface area contributed by atoms with E-state index in [0.29, 0.717) is 11.9 Å². The molecule has 1 saturated carbocycles. The smallest absolute Gasteiger partial charge is 0.261 e. The van der Waals surface area contributed by atoms with Crippen LogP contribution in [0.2, 0.25) is 0 Å². The average molecular weight is 426 g/mol. The zero-order chi connectivity index (χ0) is 20.7. The van der Waals surface area contributed by atoms with Gasteiger partial charge in [0, 0.05) is 24.0 Å². The van der Waals surface area contributed by atoms with Crippen molar-refractivity contribution in [2.75, 3.05) is 0 Å². The zero-order valence-electron chi connectivity index (χ0n) is 15.9. The van der Waals surface area contributed by atoms with Crippen LogP contribution >= 0.6 is 11.8 Å². The minimum Gasteiger partial charge on any atom is -0.334 e. The summed E-state index contributed by atoms with van der Waals surface area (Å²) in [5.74, 6) is -0.0904. The van der Waals surface area contributed by atoms with Gasteiger partial charge in [-0.2, -0.15) is 4.98 Å². The largest absolute Gasteiger partial charge is 0.334 e. The fourth-order valence-corrected chi connectivity index (χ4v) is 4.05. The van der Waals surface area contributed by atoms with Crippen molar-refractivity contribution in [3.63, 3.8) is 0 Å². The van der Waals surface area contributed by atoms with Crippen molar-refractivity contribution in [2.45, 2.75) is 36.2 Å². The summed E-state index contributed by atoms with van der Waals surface area (Å²) in [5.41, 5.74) is 0.888. The molecule has 0 aliphatic heterocycles. The van der Waals surface area contributed by atoms with E-state index in [1.165, 1.54) is 11.8 Å². The maximum Gasteiger partial charge on any atom is 0.261 e. The molecule has 0 N–H and O–H groups in total. The molecular formula is C20H16F2N6OS. The summed E-state index contributed by atoms with van der Waals surface area (Å²) in [4.78, 5) is 8.32.